The van der Waals surface area contributed by atoms with Gasteiger partial charge in [0.1, 0.15) is 0 Å². The highest BCUT2D eigenvalue weighted by Crippen LogP contribution is 2.31. The van der Waals surface area contributed by atoms with Gasteiger partial charge in [-0.1, -0.05) is 42.5 Å². The normalized spacial score (nSPS) is 16.3. The fourth-order valence-electron chi connectivity index (χ4n) is 5.10. The first-order valence-electron chi connectivity index (χ1n) is 12.5. The van der Waals surface area contributed by atoms with Crippen LogP contribution < -0.4 is 5.32 Å². The number of aromatic nitrogens is 2. The maximum Gasteiger partial charge on any atom is 0.253 e. The first kappa shape index (κ1) is 22.5. The molecule has 2 aromatic carbocycles. The molecule has 36 heavy (non-hydrogen) atoms. The molecule has 1 saturated heterocycles. The summed E-state index contributed by atoms with van der Waals surface area (Å²) in [6, 6.07) is 14.2. The Labute approximate surface area is 209 Å². The fourth-order valence-corrected chi connectivity index (χ4v) is 5.10. The van der Waals surface area contributed by atoms with Crippen molar-refractivity contribution in [2.75, 3.05) is 32.8 Å². The lowest BCUT2D eigenvalue weighted by Crippen LogP contribution is -2.41. The minimum atomic E-state index is -0.0288. The molecule has 0 saturated carbocycles. The van der Waals surface area contributed by atoms with Gasteiger partial charge in [0.2, 0.25) is 5.91 Å². The number of carbonyl (C=O) groups excluding carboxylic acids is 2. The average molecular weight is 481 g/mol. The standard InChI is InChI=1S/C29H28N4O3/c34-26(33-11-13-36-14-12-33)16-20-4-1-3-19(15-20)6-8-22-17-24-21(18-31-22)7-9-23-27-25(32-28(23)24)5-2-10-30-29(27)35/h1,3-4,6-9,15,17-18,31H,2,5,10-14,16H2,(H,30,35). The Kier molecular flexibility index (Phi) is 5.99. The lowest BCUT2D eigenvalue weighted by molar-refractivity contribution is -0.134. The van der Waals surface area contributed by atoms with Gasteiger partial charge in [0, 0.05) is 42.3 Å². The molecule has 0 spiro atoms. The van der Waals surface area contributed by atoms with Crippen LogP contribution in [0.25, 0.3) is 33.8 Å². The van der Waals surface area contributed by atoms with Crippen molar-refractivity contribution in [3.05, 3.63) is 76.7 Å². The van der Waals surface area contributed by atoms with Crippen LogP contribution in [0.2, 0.25) is 0 Å². The summed E-state index contributed by atoms with van der Waals surface area (Å²) < 4.78 is 5.35. The lowest BCUT2D eigenvalue weighted by Gasteiger charge is -2.26. The molecule has 0 radical (unpaired) electrons. The van der Waals surface area contributed by atoms with Gasteiger partial charge in [0.25, 0.3) is 5.91 Å². The molecule has 6 rings (SSSR count). The van der Waals surface area contributed by atoms with Crippen LogP contribution in [-0.2, 0) is 22.4 Å². The molecule has 7 heteroatoms. The Morgan fingerprint density at radius 1 is 1.08 bits per heavy atom. The molecule has 4 heterocycles. The van der Waals surface area contributed by atoms with Crippen molar-refractivity contribution < 1.29 is 14.3 Å². The van der Waals surface area contributed by atoms with E-state index in [2.05, 4.69) is 22.4 Å². The van der Waals surface area contributed by atoms with Crippen molar-refractivity contribution in [3.8, 4) is 0 Å². The molecule has 2 aliphatic heterocycles. The molecule has 2 amide bonds. The van der Waals surface area contributed by atoms with Gasteiger partial charge < -0.3 is 19.9 Å². The number of nitrogens with zero attached hydrogens (tertiary/aromatic N) is 2. The molecule has 0 unspecified atom stereocenters. The summed E-state index contributed by atoms with van der Waals surface area (Å²) in [7, 11) is 0. The molecule has 2 aliphatic rings. The fraction of sp³-hybridized carbons (Fsp3) is 0.276. The first-order chi connectivity index (χ1) is 17.7. The van der Waals surface area contributed by atoms with E-state index >= 15 is 0 Å². The Hall–Kier alpha value is -3.97. The third-order valence-corrected chi connectivity index (χ3v) is 6.98. The quantitative estimate of drug-likeness (QED) is 0.463. The van der Waals surface area contributed by atoms with Gasteiger partial charge in [-0.3, -0.25) is 14.6 Å². The van der Waals surface area contributed by atoms with Crippen molar-refractivity contribution in [2.24, 2.45) is 0 Å². The van der Waals surface area contributed by atoms with Gasteiger partial charge in [-0.2, -0.15) is 0 Å². The zero-order valence-corrected chi connectivity index (χ0v) is 20.0. The minimum Gasteiger partial charge on any atom is -0.378 e. The molecule has 0 atom stereocenters. The number of rotatable bonds is 4. The van der Waals surface area contributed by atoms with Crippen LogP contribution in [0.4, 0.5) is 0 Å². The number of morpholine rings is 1. The summed E-state index contributed by atoms with van der Waals surface area (Å²) in [5.74, 6) is 0.111. The number of nitrogens with one attached hydrogen (secondary N) is 2. The highest BCUT2D eigenvalue weighted by molar-refractivity contribution is 6.15. The van der Waals surface area contributed by atoms with Crippen LogP contribution in [0.5, 0.6) is 0 Å². The summed E-state index contributed by atoms with van der Waals surface area (Å²) >= 11 is 0. The summed E-state index contributed by atoms with van der Waals surface area (Å²) in [6.07, 6.45) is 8.15. The summed E-state index contributed by atoms with van der Waals surface area (Å²) in [5.41, 5.74) is 5.45. The number of carbonyl (C=O) groups is 2. The zero-order chi connectivity index (χ0) is 24.5. The Bertz CT molecular complexity index is 1500. The van der Waals surface area contributed by atoms with Crippen LogP contribution in [0, 0.1) is 0 Å². The van der Waals surface area contributed by atoms with E-state index in [9.17, 15) is 9.59 Å². The smallest absolute Gasteiger partial charge is 0.253 e. The number of ether oxygens (including phenoxy) is 1. The second-order valence-electron chi connectivity index (χ2n) is 9.39. The number of H-pyrrole nitrogens is 1. The summed E-state index contributed by atoms with van der Waals surface area (Å²) in [4.78, 5) is 35.4. The second-order valence-corrected chi connectivity index (χ2v) is 9.39. The number of amides is 2. The number of pyridine rings is 1. The number of hydrogen-bond acceptors (Lipinski definition) is 4. The highest BCUT2D eigenvalue weighted by atomic mass is 16.5. The maximum atomic E-state index is 12.6. The second kappa shape index (κ2) is 9.59. The van der Waals surface area contributed by atoms with Gasteiger partial charge in [0.05, 0.1) is 36.4 Å². The van der Waals surface area contributed by atoms with E-state index in [1.54, 1.807) is 0 Å². The summed E-state index contributed by atoms with van der Waals surface area (Å²) in [5, 5.41) is 5.98. The van der Waals surface area contributed by atoms with E-state index in [1.807, 2.05) is 53.6 Å². The first-order valence-corrected chi connectivity index (χ1v) is 12.5. The molecular formula is C29H28N4O3. The Morgan fingerprint density at radius 3 is 2.86 bits per heavy atom. The van der Waals surface area contributed by atoms with Gasteiger partial charge in [0.15, 0.2) is 0 Å². The van der Waals surface area contributed by atoms with Crippen LogP contribution >= 0.6 is 0 Å². The van der Waals surface area contributed by atoms with E-state index in [0.717, 1.165) is 62.6 Å². The van der Waals surface area contributed by atoms with Gasteiger partial charge >= 0.3 is 0 Å². The van der Waals surface area contributed by atoms with Crippen molar-refractivity contribution in [2.45, 2.75) is 19.3 Å². The van der Waals surface area contributed by atoms with Gasteiger partial charge in [-0.05, 0) is 41.5 Å². The predicted molar refractivity (Wildman–Crippen MR) is 141 cm³/mol. The predicted octanol–water partition coefficient (Wildman–Crippen LogP) is 3.96. The Balaban J connectivity index is 1.27. The van der Waals surface area contributed by atoms with Crippen LogP contribution in [-0.4, -0.2) is 59.5 Å². The van der Waals surface area contributed by atoms with E-state index in [-0.39, 0.29) is 11.8 Å². The number of fused-ring (bicyclic) bond motifs is 5. The molecule has 4 aromatic rings. The molecule has 0 aliphatic carbocycles. The average Bonchev–Trinajstić information content (AvgIpc) is 3.19. The summed E-state index contributed by atoms with van der Waals surface area (Å²) in [6.45, 7) is 3.24. The van der Waals surface area contributed by atoms with Crippen LogP contribution in [0.3, 0.4) is 0 Å². The molecule has 0 bridgehead atoms. The van der Waals surface area contributed by atoms with Gasteiger partial charge in [-0.25, -0.2) is 0 Å². The molecule has 1 fully saturated rings. The SMILES string of the molecule is O=C1NCCCc2nc3c(ccc4c[nH]c(C=Cc5cccc(CC(=O)N6CCOCC6)c5)cc43)c21. The van der Waals surface area contributed by atoms with E-state index in [4.69, 9.17) is 9.72 Å². The number of aryl methyl sites for hydroxylation is 1. The number of hydrogen-bond donors (Lipinski definition) is 2. The zero-order valence-electron chi connectivity index (χ0n) is 20.0. The van der Waals surface area contributed by atoms with Crippen LogP contribution in [0.15, 0.2) is 48.7 Å². The van der Waals surface area contributed by atoms with Gasteiger partial charge in [-0.15, -0.1) is 0 Å². The third kappa shape index (κ3) is 4.38. The molecule has 2 aromatic heterocycles. The van der Waals surface area contributed by atoms with E-state index in [0.29, 0.717) is 39.3 Å². The highest BCUT2D eigenvalue weighted by Gasteiger charge is 2.22. The van der Waals surface area contributed by atoms with Crippen molar-refractivity contribution >= 4 is 45.6 Å². The molecular weight excluding hydrogens is 452 g/mol. The molecule has 7 nitrogen and oxygen atoms in total. The largest absolute Gasteiger partial charge is 0.378 e. The topological polar surface area (TPSA) is 87.3 Å². The monoisotopic (exact) mass is 480 g/mol. The van der Waals surface area contributed by atoms with Crippen molar-refractivity contribution in [1.29, 1.82) is 0 Å². The number of aromatic amines is 1. The van der Waals surface area contributed by atoms with Crippen LogP contribution in [0.1, 0.15) is 39.3 Å². The maximum absolute atomic E-state index is 12.6. The van der Waals surface area contributed by atoms with Crippen molar-refractivity contribution in [1.82, 2.24) is 20.2 Å². The van der Waals surface area contributed by atoms with E-state index in [1.165, 1.54) is 0 Å². The third-order valence-electron chi connectivity index (χ3n) is 6.98. The van der Waals surface area contributed by atoms with Crippen molar-refractivity contribution in [3.63, 3.8) is 0 Å². The lowest BCUT2D eigenvalue weighted by atomic mass is 10.0. The Morgan fingerprint density at radius 2 is 1.97 bits per heavy atom. The molecule has 2 N–H and O–H groups in total. The molecule has 182 valence electrons. The number of benzene rings is 2. The minimum absolute atomic E-state index is 0.0288. The van der Waals surface area contributed by atoms with E-state index < -0.39 is 0 Å².